The van der Waals surface area contributed by atoms with Crippen molar-refractivity contribution in [1.29, 1.82) is 0 Å². The Morgan fingerprint density at radius 3 is 2.85 bits per heavy atom. The summed E-state index contributed by atoms with van der Waals surface area (Å²) < 4.78 is 0. The molecular formula is C15H19NO3S. The van der Waals surface area contributed by atoms with Crippen LogP contribution in [0, 0.1) is 5.92 Å². The number of carbonyl (C=O) groups is 2. The molecular weight excluding hydrogens is 274 g/mol. The Morgan fingerprint density at radius 1 is 1.45 bits per heavy atom. The quantitative estimate of drug-likeness (QED) is 0.758. The average Bonchev–Trinajstić information content (AvgIpc) is 2.43. The molecule has 0 bridgehead atoms. The van der Waals surface area contributed by atoms with E-state index in [4.69, 9.17) is 5.11 Å². The lowest BCUT2D eigenvalue weighted by atomic mass is 10.1. The van der Waals surface area contributed by atoms with Crippen LogP contribution in [0.2, 0.25) is 0 Å². The van der Waals surface area contributed by atoms with Gasteiger partial charge in [-0.15, -0.1) is 0 Å². The first kappa shape index (κ1) is 16.3. The number of amides is 1. The number of carboxylic acid groups (broad SMARTS) is 1. The van der Waals surface area contributed by atoms with Gasteiger partial charge in [0.05, 0.1) is 0 Å². The Hall–Kier alpha value is -1.75. The van der Waals surface area contributed by atoms with Crippen LogP contribution in [0.4, 0.5) is 0 Å². The van der Waals surface area contributed by atoms with E-state index in [9.17, 15) is 9.59 Å². The topological polar surface area (TPSA) is 66.4 Å². The normalized spacial score (nSPS) is 12.3. The van der Waals surface area contributed by atoms with Gasteiger partial charge in [0.1, 0.15) is 0 Å². The van der Waals surface area contributed by atoms with E-state index in [1.807, 2.05) is 6.26 Å². The molecule has 0 radical (unpaired) electrons. The van der Waals surface area contributed by atoms with Gasteiger partial charge in [-0.2, -0.15) is 11.8 Å². The van der Waals surface area contributed by atoms with Gasteiger partial charge in [-0.05, 0) is 41.7 Å². The summed E-state index contributed by atoms with van der Waals surface area (Å²) in [6.45, 7) is 2.72. The van der Waals surface area contributed by atoms with Crippen LogP contribution in [0.3, 0.4) is 0 Å². The molecule has 0 aromatic heterocycles. The molecule has 4 nitrogen and oxygen atoms in total. The highest BCUT2D eigenvalue weighted by Gasteiger charge is 2.07. The minimum absolute atomic E-state index is 0.136. The summed E-state index contributed by atoms with van der Waals surface area (Å²) in [5.74, 6) is 0.278. The molecule has 108 valence electrons. The van der Waals surface area contributed by atoms with Crippen molar-refractivity contribution in [3.05, 3.63) is 41.5 Å². The van der Waals surface area contributed by atoms with Crippen molar-refractivity contribution in [2.24, 2.45) is 5.92 Å². The molecule has 1 aromatic carbocycles. The van der Waals surface area contributed by atoms with Crippen LogP contribution in [0.5, 0.6) is 0 Å². The Balaban J connectivity index is 2.64. The largest absolute Gasteiger partial charge is 0.478 e. The molecule has 1 unspecified atom stereocenters. The lowest BCUT2D eigenvalue weighted by Gasteiger charge is -2.11. The predicted molar refractivity (Wildman–Crippen MR) is 83.0 cm³/mol. The number of carboxylic acids is 1. The Kier molecular flexibility index (Phi) is 6.87. The number of carbonyl (C=O) groups excluding carboxylic acids is 1. The van der Waals surface area contributed by atoms with Crippen molar-refractivity contribution in [3.8, 4) is 0 Å². The molecule has 2 N–H and O–H groups in total. The van der Waals surface area contributed by atoms with Gasteiger partial charge in [-0.25, -0.2) is 4.79 Å². The molecule has 0 aliphatic rings. The minimum atomic E-state index is -1.01. The smallest absolute Gasteiger partial charge is 0.328 e. The first-order chi connectivity index (χ1) is 9.52. The highest BCUT2D eigenvalue weighted by Crippen LogP contribution is 2.08. The van der Waals surface area contributed by atoms with E-state index in [0.717, 1.165) is 11.8 Å². The van der Waals surface area contributed by atoms with E-state index in [0.29, 0.717) is 23.6 Å². The zero-order valence-corrected chi connectivity index (χ0v) is 12.4. The summed E-state index contributed by atoms with van der Waals surface area (Å²) >= 11 is 1.75. The van der Waals surface area contributed by atoms with Gasteiger partial charge in [0, 0.05) is 18.2 Å². The van der Waals surface area contributed by atoms with E-state index >= 15 is 0 Å². The fraction of sp³-hybridized carbons (Fsp3) is 0.333. The molecule has 0 saturated heterocycles. The van der Waals surface area contributed by atoms with Gasteiger partial charge < -0.3 is 10.4 Å². The van der Waals surface area contributed by atoms with Crippen LogP contribution in [0.25, 0.3) is 6.08 Å². The van der Waals surface area contributed by atoms with Crippen molar-refractivity contribution in [2.75, 3.05) is 18.6 Å². The number of rotatable bonds is 7. The van der Waals surface area contributed by atoms with Crippen LogP contribution in [0.1, 0.15) is 22.8 Å². The summed E-state index contributed by atoms with van der Waals surface area (Å²) in [4.78, 5) is 22.4. The van der Waals surface area contributed by atoms with Crippen LogP contribution in [-0.2, 0) is 4.79 Å². The lowest BCUT2D eigenvalue weighted by Crippen LogP contribution is -2.29. The highest BCUT2D eigenvalue weighted by atomic mass is 32.2. The van der Waals surface area contributed by atoms with E-state index in [2.05, 4.69) is 12.2 Å². The average molecular weight is 293 g/mol. The lowest BCUT2D eigenvalue weighted by molar-refractivity contribution is -0.131. The third kappa shape index (κ3) is 5.93. The third-order valence-electron chi connectivity index (χ3n) is 2.63. The predicted octanol–water partition coefficient (Wildman–Crippen LogP) is 2.51. The fourth-order valence-corrected chi connectivity index (χ4v) is 2.35. The molecule has 1 amide bonds. The Labute approximate surface area is 123 Å². The van der Waals surface area contributed by atoms with Gasteiger partial charge in [-0.1, -0.05) is 19.1 Å². The third-order valence-corrected chi connectivity index (χ3v) is 3.53. The monoisotopic (exact) mass is 293 g/mol. The van der Waals surface area contributed by atoms with Crippen molar-refractivity contribution < 1.29 is 14.7 Å². The molecule has 1 atom stereocenters. The van der Waals surface area contributed by atoms with Crippen LogP contribution >= 0.6 is 11.8 Å². The zero-order chi connectivity index (χ0) is 15.0. The van der Waals surface area contributed by atoms with Gasteiger partial charge in [0.2, 0.25) is 0 Å². The van der Waals surface area contributed by atoms with Crippen LogP contribution < -0.4 is 5.32 Å². The van der Waals surface area contributed by atoms with Crippen LogP contribution in [-0.4, -0.2) is 35.5 Å². The first-order valence-corrected chi connectivity index (χ1v) is 7.70. The molecule has 0 heterocycles. The number of hydrogen-bond donors (Lipinski definition) is 2. The second-order valence-corrected chi connectivity index (χ2v) is 5.48. The summed E-state index contributed by atoms with van der Waals surface area (Å²) in [7, 11) is 0. The molecule has 1 aromatic rings. The minimum Gasteiger partial charge on any atom is -0.478 e. The van der Waals surface area contributed by atoms with Crippen LogP contribution in [0.15, 0.2) is 30.3 Å². The maximum atomic E-state index is 12.0. The second kappa shape index (κ2) is 8.43. The molecule has 20 heavy (non-hydrogen) atoms. The zero-order valence-electron chi connectivity index (χ0n) is 11.6. The molecule has 0 aliphatic heterocycles. The van der Waals surface area contributed by atoms with Crippen molar-refractivity contribution in [3.63, 3.8) is 0 Å². The van der Waals surface area contributed by atoms with Gasteiger partial charge in [0.25, 0.3) is 5.91 Å². The number of benzene rings is 1. The van der Waals surface area contributed by atoms with Crippen molar-refractivity contribution >= 4 is 29.7 Å². The van der Waals surface area contributed by atoms with E-state index < -0.39 is 5.97 Å². The maximum absolute atomic E-state index is 12.0. The first-order valence-electron chi connectivity index (χ1n) is 6.31. The standard InChI is InChI=1S/C15H19NO3S/c1-11(10-20-2)9-16-15(19)13-5-3-4-12(8-13)6-7-14(17)18/h3-8,11H,9-10H2,1-2H3,(H,16,19)(H,17,18). The maximum Gasteiger partial charge on any atom is 0.328 e. The summed E-state index contributed by atoms with van der Waals surface area (Å²) in [5, 5.41) is 11.5. The van der Waals surface area contributed by atoms with Gasteiger partial charge >= 0.3 is 5.97 Å². The number of hydrogen-bond acceptors (Lipinski definition) is 3. The second-order valence-electron chi connectivity index (χ2n) is 4.57. The van der Waals surface area contributed by atoms with E-state index in [1.54, 1.807) is 36.0 Å². The molecule has 5 heteroatoms. The van der Waals surface area contributed by atoms with Gasteiger partial charge in [-0.3, -0.25) is 4.79 Å². The van der Waals surface area contributed by atoms with Crippen molar-refractivity contribution in [1.82, 2.24) is 5.32 Å². The van der Waals surface area contributed by atoms with Gasteiger partial charge in [0.15, 0.2) is 0 Å². The summed E-state index contributed by atoms with van der Waals surface area (Å²) in [6.07, 6.45) is 4.56. The SMILES string of the molecule is CSCC(C)CNC(=O)c1cccc(C=CC(=O)O)c1. The molecule has 0 fully saturated rings. The number of nitrogens with one attached hydrogen (secondary N) is 1. The fourth-order valence-electron chi connectivity index (χ4n) is 1.66. The summed E-state index contributed by atoms with van der Waals surface area (Å²) in [6, 6.07) is 6.88. The molecule has 0 saturated carbocycles. The highest BCUT2D eigenvalue weighted by molar-refractivity contribution is 7.98. The molecule has 0 aliphatic carbocycles. The Morgan fingerprint density at radius 2 is 2.20 bits per heavy atom. The number of thioether (sulfide) groups is 1. The molecule has 0 spiro atoms. The Bertz CT molecular complexity index is 500. The molecule has 1 rings (SSSR count). The van der Waals surface area contributed by atoms with Crippen molar-refractivity contribution in [2.45, 2.75) is 6.92 Å². The summed E-state index contributed by atoms with van der Waals surface area (Å²) in [5.41, 5.74) is 1.23. The number of aliphatic carboxylic acids is 1. The van der Waals surface area contributed by atoms with E-state index in [-0.39, 0.29) is 5.91 Å². The van der Waals surface area contributed by atoms with E-state index in [1.165, 1.54) is 6.08 Å².